The van der Waals surface area contributed by atoms with Crippen molar-refractivity contribution in [2.24, 2.45) is 0 Å². The molecule has 0 aromatic carbocycles. The van der Waals surface area contributed by atoms with Crippen LogP contribution in [-0.2, 0) is 11.2 Å². The van der Waals surface area contributed by atoms with Crippen LogP contribution in [0.4, 0.5) is 0 Å². The number of aryl methyl sites for hydroxylation is 1. The highest BCUT2D eigenvalue weighted by molar-refractivity contribution is 8.00. The summed E-state index contributed by atoms with van der Waals surface area (Å²) in [5.41, 5.74) is 0. The third-order valence-corrected chi connectivity index (χ3v) is 3.79. The number of nitrogens with zero attached hydrogens (tertiary/aromatic N) is 3. The van der Waals surface area contributed by atoms with Crippen molar-refractivity contribution in [1.82, 2.24) is 20.1 Å². The molecule has 1 rings (SSSR count). The molecule has 1 atom stereocenters. The van der Waals surface area contributed by atoms with Gasteiger partial charge in [0.1, 0.15) is 5.82 Å². The summed E-state index contributed by atoms with van der Waals surface area (Å²) in [4.78, 5) is 18.7. The molecule has 0 fully saturated rings. The summed E-state index contributed by atoms with van der Waals surface area (Å²) in [6, 6.07) is 0.405. The van der Waals surface area contributed by atoms with Gasteiger partial charge in [-0.05, 0) is 34.6 Å². The van der Waals surface area contributed by atoms with Crippen molar-refractivity contribution < 1.29 is 4.79 Å². The average Bonchev–Trinajstić information content (AvgIpc) is 2.75. The van der Waals surface area contributed by atoms with Crippen molar-refractivity contribution in [3.63, 3.8) is 0 Å². The number of nitrogens with one attached hydrogen (secondary N) is 1. The summed E-state index contributed by atoms with van der Waals surface area (Å²) >= 11 is 1.41. The number of carbonyl (C=O) groups is 1. The zero-order chi connectivity index (χ0) is 14.6. The van der Waals surface area contributed by atoms with Gasteiger partial charge >= 0.3 is 0 Å². The highest BCUT2D eigenvalue weighted by Crippen LogP contribution is 2.22. The van der Waals surface area contributed by atoms with E-state index in [2.05, 4.69) is 15.2 Å². The van der Waals surface area contributed by atoms with Gasteiger partial charge in [-0.15, -0.1) is 5.10 Å². The zero-order valence-corrected chi connectivity index (χ0v) is 13.4. The SMILES string of the molecule is CCc1nc(SC(C)C(=O)N(C(C)C)C(C)C)n[nH]1. The minimum atomic E-state index is -0.176. The lowest BCUT2D eigenvalue weighted by Crippen LogP contribution is -2.45. The molecule has 0 aliphatic rings. The number of hydrogen-bond acceptors (Lipinski definition) is 4. The van der Waals surface area contributed by atoms with Crippen LogP contribution in [0.5, 0.6) is 0 Å². The minimum Gasteiger partial charge on any atom is -0.337 e. The lowest BCUT2D eigenvalue weighted by Gasteiger charge is -2.32. The minimum absolute atomic E-state index is 0.137. The predicted molar refractivity (Wildman–Crippen MR) is 78.2 cm³/mol. The van der Waals surface area contributed by atoms with Crippen LogP contribution in [0.1, 0.15) is 47.4 Å². The van der Waals surface area contributed by atoms with Crippen LogP contribution < -0.4 is 0 Å². The first kappa shape index (κ1) is 16.0. The van der Waals surface area contributed by atoms with Gasteiger partial charge in [-0.25, -0.2) is 4.98 Å². The molecular weight excluding hydrogens is 260 g/mol. The van der Waals surface area contributed by atoms with Gasteiger partial charge in [-0.1, -0.05) is 18.7 Å². The van der Waals surface area contributed by atoms with Gasteiger partial charge < -0.3 is 4.90 Å². The van der Waals surface area contributed by atoms with Crippen LogP contribution in [0.15, 0.2) is 5.16 Å². The Morgan fingerprint density at radius 3 is 2.26 bits per heavy atom. The molecule has 5 nitrogen and oxygen atoms in total. The quantitative estimate of drug-likeness (QED) is 0.815. The summed E-state index contributed by atoms with van der Waals surface area (Å²) in [6.45, 7) is 12.1. The Balaban J connectivity index is 2.70. The Labute approximate surface area is 119 Å². The maximum Gasteiger partial charge on any atom is 0.236 e. The van der Waals surface area contributed by atoms with Crippen molar-refractivity contribution in [1.29, 1.82) is 0 Å². The Morgan fingerprint density at radius 1 is 1.26 bits per heavy atom. The van der Waals surface area contributed by atoms with Crippen molar-refractivity contribution in [2.45, 2.75) is 70.5 Å². The molecule has 1 aromatic heterocycles. The number of thioether (sulfide) groups is 1. The molecule has 1 amide bonds. The Bertz CT molecular complexity index is 409. The summed E-state index contributed by atoms with van der Waals surface area (Å²) < 4.78 is 0. The third-order valence-electron chi connectivity index (χ3n) is 2.84. The van der Waals surface area contributed by atoms with Gasteiger partial charge in [-0.2, -0.15) is 0 Å². The second kappa shape index (κ2) is 6.93. The normalized spacial score (nSPS) is 13.1. The maximum absolute atomic E-state index is 12.4. The third kappa shape index (κ3) is 4.23. The molecule has 0 saturated carbocycles. The summed E-state index contributed by atoms with van der Waals surface area (Å²) in [5.74, 6) is 0.990. The summed E-state index contributed by atoms with van der Waals surface area (Å²) in [5, 5.41) is 7.45. The first-order valence-electron chi connectivity index (χ1n) is 6.76. The van der Waals surface area contributed by atoms with Gasteiger partial charge in [0, 0.05) is 18.5 Å². The molecule has 0 aliphatic heterocycles. The molecular formula is C13H24N4OS. The van der Waals surface area contributed by atoms with Gasteiger partial charge in [0.2, 0.25) is 11.1 Å². The molecule has 0 radical (unpaired) electrons. The lowest BCUT2D eigenvalue weighted by molar-refractivity contribution is -0.133. The predicted octanol–water partition coefficient (Wildman–Crippen LogP) is 2.49. The van der Waals surface area contributed by atoms with E-state index in [1.165, 1.54) is 11.8 Å². The van der Waals surface area contributed by atoms with Crippen molar-refractivity contribution in [2.75, 3.05) is 0 Å². The monoisotopic (exact) mass is 284 g/mol. The Hall–Kier alpha value is -1.04. The molecule has 0 aliphatic carbocycles. The average molecular weight is 284 g/mol. The largest absolute Gasteiger partial charge is 0.337 e. The molecule has 0 bridgehead atoms. The number of H-pyrrole nitrogens is 1. The molecule has 0 spiro atoms. The van der Waals surface area contributed by atoms with Crippen LogP contribution in [0.2, 0.25) is 0 Å². The number of aromatic nitrogens is 3. The second-order valence-corrected chi connectivity index (χ2v) is 6.42. The topological polar surface area (TPSA) is 61.9 Å². The highest BCUT2D eigenvalue weighted by Gasteiger charge is 2.26. The molecule has 6 heteroatoms. The fourth-order valence-corrected chi connectivity index (χ4v) is 2.81. The first-order valence-corrected chi connectivity index (χ1v) is 7.64. The van der Waals surface area contributed by atoms with Crippen LogP contribution in [0.3, 0.4) is 0 Å². The number of amides is 1. The molecule has 1 N–H and O–H groups in total. The van der Waals surface area contributed by atoms with Crippen molar-refractivity contribution in [3.05, 3.63) is 5.82 Å². The molecule has 19 heavy (non-hydrogen) atoms. The number of rotatable bonds is 6. The van der Waals surface area contributed by atoms with Crippen molar-refractivity contribution >= 4 is 17.7 Å². The van der Waals surface area contributed by atoms with Crippen LogP contribution >= 0.6 is 11.8 Å². The van der Waals surface area contributed by atoms with Crippen molar-refractivity contribution in [3.8, 4) is 0 Å². The fraction of sp³-hybridized carbons (Fsp3) is 0.769. The molecule has 1 unspecified atom stereocenters. The van der Waals surface area contributed by atoms with Gasteiger partial charge in [-0.3, -0.25) is 9.89 Å². The van der Waals surface area contributed by atoms with Gasteiger partial charge in [0.05, 0.1) is 5.25 Å². The van der Waals surface area contributed by atoms with E-state index in [0.717, 1.165) is 12.2 Å². The Morgan fingerprint density at radius 2 is 1.84 bits per heavy atom. The second-order valence-electron chi connectivity index (χ2n) is 5.11. The standard InChI is InChI=1S/C13H24N4OS/c1-7-11-14-13(16-15-11)19-10(6)12(18)17(8(2)3)9(4)5/h8-10H,7H2,1-6H3,(H,14,15,16). The van der Waals surface area contributed by atoms with Gasteiger partial charge in [0.25, 0.3) is 0 Å². The van der Waals surface area contributed by atoms with Crippen LogP contribution in [-0.4, -0.2) is 43.3 Å². The number of carbonyl (C=O) groups excluding carboxylic acids is 1. The molecule has 108 valence electrons. The molecule has 1 heterocycles. The first-order chi connectivity index (χ1) is 8.86. The van der Waals surface area contributed by atoms with E-state index < -0.39 is 0 Å². The van der Waals surface area contributed by atoms with E-state index >= 15 is 0 Å². The van der Waals surface area contributed by atoms with Crippen LogP contribution in [0.25, 0.3) is 0 Å². The smallest absolute Gasteiger partial charge is 0.236 e. The van der Waals surface area contributed by atoms with E-state index in [9.17, 15) is 4.79 Å². The summed E-state index contributed by atoms with van der Waals surface area (Å²) in [6.07, 6.45) is 0.819. The van der Waals surface area contributed by atoms with E-state index in [-0.39, 0.29) is 23.2 Å². The van der Waals surface area contributed by atoms with E-state index in [1.807, 2.05) is 46.4 Å². The lowest BCUT2D eigenvalue weighted by atomic mass is 10.2. The van der Waals surface area contributed by atoms with E-state index in [4.69, 9.17) is 0 Å². The van der Waals surface area contributed by atoms with Crippen LogP contribution in [0, 0.1) is 0 Å². The van der Waals surface area contributed by atoms with Gasteiger partial charge in [0.15, 0.2) is 0 Å². The van der Waals surface area contributed by atoms with E-state index in [0.29, 0.717) is 5.16 Å². The summed E-state index contributed by atoms with van der Waals surface area (Å²) in [7, 11) is 0. The fourth-order valence-electron chi connectivity index (χ4n) is 2.01. The molecule has 0 saturated heterocycles. The Kier molecular flexibility index (Phi) is 5.85. The highest BCUT2D eigenvalue weighted by atomic mass is 32.2. The van der Waals surface area contributed by atoms with E-state index in [1.54, 1.807) is 0 Å². The zero-order valence-electron chi connectivity index (χ0n) is 12.6. The molecule has 1 aromatic rings. The maximum atomic E-state index is 12.4. The number of aromatic amines is 1. The number of hydrogen-bond donors (Lipinski definition) is 1.